The number of aryl methyl sites for hydroxylation is 1. The van der Waals surface area contributed by atoms with Crippen molar-refractivity contribution in [3.63, 3.8) is 0 Å². The van der Waals surface area contributed by atoms with Gasteiger partial charge in [-0.25, -0.2) is 0 Å². The maximum atomic E-state index is 11.4. The number of hydrogen-bond acceptors (Lipinski definition) is 6. The second-order valence-corrected chi connectivity index (χ2v) is 7.26. The van der Waals surface area contributed by atoms with Crippen LogP contribution in [0.25, 0.3) is 0 Å². The van der Waals surface area contributed by atoms with E-state index < -0.39 is 4.92 Å². The number of anilines is 1. The molecule has 7 nitrogen and oxygen atoms in total. The third-order valence-corrected chi connectivity index (χ3v) is 5.51. The fourth-order valence-corrected chi connectivity index (χ4v) is 3.85. The Balaban J connectivity index is 1.60. The molecule has 1 heterocycles. The summed E-state index contributed by atoms with van der Waals surface area (Å²) in [6, 6.07) is 12.6. The molecular formula is C22H25N3O4. The normalized spacial score (nSPS) is 14.3. The van der Waals surface area contributed by atoms with Gasteiger partial charge in [-0.2, -0.15) is 5.26 Å². The molecule has 7 heteroatoms. The van der Waals surface area contributed by atoms with Crippen LogP contribution in [0.1, 0.15) is 30.4 Å². The molecule has 0 aliphatic carbocycles. The van der Waals surface area contributed by atoms with Crippen LogP contribution in [0.3, 0.4) is 0 Å². The Hall–Kier alpha value is -3.27. The van der Waals surface area contributed by atoms with Crippen molar-refractivity contribution in [2.45, 2.75) is 25.7 Å². The van der Waals surface area contributed by atoms with Crippen LogP contribution in [0.4, 0.5) is 11.4 Å². The van der Waals surface area contributed by atoms with Gasteiger partial charge in [0.05, 0.1) is 30.8 Å². The number of nitrogens with zero attached hydrogens (tertiary/aromatic N) is 3. The van der Waals surface area contributed by atoms with E-state index in [1.54, 1.807) is 26.4 Å². The quantitative estimate of drug-likeness (QED) is 0.512. The molecular weight excluding hydrogens is 370 g/mol. The van der Waals surface area contributed by atoms with Crippen molar-refractivity contribution in [3.05, 3.63) is 57.6 Å². The minimum Gasteiger partial charge on any atom is -0.497 e. The average Bonchev–Trinajstić information content (AvgIpc) is 2.77. The molecule has 0 amide bonds. The highest BCUT2D eigenvalue weighted by atomic mass is 16.6. The first-order valence-electron chi connectivity index (χ1n) is 9.69. The topological polar surface area (TPSA) is 88.6 Å². The molecule has 0 N–H and O–H groups in total. The van der Waals surface area contributed by atoms with E-state index in [0.29, 0.717) is 17.2 Å². The van der Waals surface area contributed by atoms with Gasteiger partial charge < -0.3 is 14.4 Å². The molecule has 0 unspecified atom stereocenters. The van der Waals surface area contributed by atoms with Gasteiger partial charge in [-0.05, 0) is 61.4 Å². The van der Waals surface area contributed by atoms with Gasteiger partial charge in [0.15, 0.2) is 0 Å². The van der Waals surface area contributed by atoms with Crippen LogP contribution in [0.5, 0.6) is 11.5 Å². The lowest BCUT2D eigenvalue weighted by Gasteiger charge is -2.33. The minimum atomic E-state index is -0.404. The highest BCUT2D eigenvalue weighted by molar-refractivity contribution is 5.65. The van der Waals surface area contributed by atoms with E-state index in [-0.39, 0.29) is 5.69 Å². The summed E-state index contributed by atoms with van der Waals surface area (Å²) < 4.78 is 10.7. The molecule has 0 saturated carbocycles. The van der Waals surface area contributed by atoms with E-state index in [9.17, 15) is 10.1 Å². The van der Waals surface area contributed by atoms with Crippen molar-refractivity contribution in [2.75, 3.05) is 32.2 Å². The molecule has 152 valence electrons. The van der Waals surface area contributed by atoms with Crippen LogP contribution in [-0.4, -0.2) is 32.2 Å². The molecule has 1 aliphatic rings. The Morgan fingerprint density at radius 3 is 2.34 bits per heavy atom. The van der Waals surface area contributed by atoms with E-state index in [4.69, 9.17) is 14.7 Å². The maximum Gasteiger partial charge on any atom is 0.293 e. The van der Waals surface area contributed by atoms with E-state index in [1.165, 1.54) is 11.6 Å². The third kappa shape index (κ3) is 4.96. The molecule has 2 aromatic carbocycles. The zero-order valence-electron chi connectivity index (χ0n) is 16.8. The summed E-state index contributed by atoms with van der Waals surface area (Å²) in [6.07, 6.45) is 3.96. The van der Waals surface area contributed by atoms with Gasteiger partial charge in [0.1, 0.15) is 17.2 Å². The van der Waals surface area contributed by atoms with Crippen LogP contribution in [-0.2, 0) is 6.42 Å². The Labute approximate surface area is 170 Å². The Bertz CT molecular complexity index is 893. The van der Waals surface area contributed by atoms with Crippen molar-refractivity contribution >= 4 is 11.4 Å². The van der Waals surface area contributed by atoms with Gasteiger partial charge in [0.25, 0.3) is 5.69 Å². The molecule has 0 atom stereocenters. The minimum absolute atomic E-state index is 0.00553. The first-order chi connectivity index (χ1) is 14.0. The summed E-state index contributed by atoms with van der Waals surface area (Å²) in [5.74, 6) is 2.16. The van der Waals surface area contributed by atoms with Gasteiger partial charge in [0.2, 0.25) is 0 Å². The fourth-order valence-electron chi connectivity index (χ4n) is 3.85. The number of rotatable bonds is 7. The zero-order chi connectivity index (χ0) is 20.8. The second-order valence-electron chi connectivity index (χ2n) is 7.26. The van der Waals surface area contributed by atoms with Crippen molar-refractivity contribution < 1.29 is 14.4 Å². The third-order valence-electron chi connectivity index (χ3n) is 5.51. The number of nitro groups is 1. The van der Waals surface area contributed by atoms with Crippen LogP contribution in [0.15, 0.2) is 36.4 Å². The summed E-state index contributed by atoms with van der Waals surface area (Å²) in [5, 5.41) is 20.4. The number of ether oxygens (including phenoxy) is 2. The van der Waals surface area contributed by atoms with E-state index in [1.807, 2.05) is 24.3 Å². The van der Waals surface area contributed by atoms with Crippen molar-refractivity contribution in [1.82, 2.24) is 0 Å². The van der Waals surface area contributed by atoms with Crippen molar-refractivity contribution in [1.29, 1.82) is 5.26 Å². The van der Waals surface area contributed by atoms with Crippen LogP contribution < -0.4 is 14.4 Å². The number of methoxy groups -OCH3 is 2. The van der Waals surface area contributed by atoms with E-state index >= 15 is 0 Å². The molecule has 0 bridgehead atoms. The largest absolute Gasteiger partial charge is 0.497 e. The van der Waals surface area contributed by atoms with Crippen LogP contribution in [0.2, 0.25) is 0 Å². The lowest BCUT2D eigenvalue weighted by atomic mass is 9.90. The summed E-state index contributed by atoms with van der Waals surface area (Å²) in [7, 11) is 3.30. The van der Waals surface area contributed by atoms with E-state index in [2.05, 4.69) is 4.90 Å². The summed E-state index contributed by atoms with van der Waals surface area (Å²) in [6.45, 7) is 1.55. The maximum absolute atomic E-state index is 11.4. The summed E-state index contributed by atoms with van der Waals surface area (Å²) in [5.41, 5.74) is 2.10. The zero-order valence-corrected chi connectivity index (χ0v) is 16.8. The SMILES string of the molecule is COc1cc(CCC2CCN(c3ccc(C#N)cc3[N+](=O)[O-])CC2)cc(OC)c1. The van der Waals surface area contributed by atoms with Crippen molar-refractivity contribution in [2.24, 2.45) is 5.92 Å². The lowest BCUT2D eigenvalue weighted by molar-refractivity contribution is -0.384. The predicted molar refractivity (Wildman–Crippen MR) is 111 cm³/mol. The van der Waals surface area contributed by atoms with Gasteiger partial charge in [-0.3, -0.25) is 10.1 Å². The highest BCUT2D eigenvalue weighted by Gasteiger charge is 2.25. The number of nitro benzene ring substituents is 1. The second kappa shape index (κ2) is 9.28. The molecule has 1 aliphatic heterocycles. The standard InChI is InChI=1S/C22H25N3O4/c1-28-19-11-17(12-20(14-19)29-2)4-3-16-7-9-24(10-8-16)21-6-5-18(15-23)13-22(21)25(26)27/h5-6,11-14,16H,3-4,7-10H2,1-2H3. The smallest absolute Gasteiger partial charge is 0.293 e. The van der Waals surface area contributed by atoms with Gasteiger partial charge in [0, 0.05) is 25.2 Å². The number of benzene rings is 2. The Kier molecular flexibility index (Phi) is 6.55. The Morgan fingerprint density at radius 1 is 1.14 bits per heavy atom. The molecule has 0 radical (unpaired) electrons. The van der Waals surface area contributed by atoms with Crippen molar-refractivity contribution in [3.8, 4) is 17.6 Å². The lowest BCUT2D eigenvalue weighted by Crippen LogP contribution is -2.34. The monoisotopic (exact) mass is 395 g/mol. The molecule has 29 heavy (non-hydrogen) atoms. The first-order valence-corrected chi connectivity index (χ1v) is 9.69. The fraction of sp³-hybridized carbons (Fsp3) is 0.409. The molecule has 1 fully saturated rings. The average molecular weight is 395 g/mol. The summed E-state index contributed by atoms with van der Waals surface area (Å²) >= 11 is 0. The Morgan fingerprint density at radius 2 is 1.79 bits per heavy atom. The number of nitriles is 1. The number of piperidine rings is 1. The first kappa shape index (κ1) is 20.5. The van der Waals surface area contributed by atoms with Crippen LogP contribution in [0, 0.1) is 27.4 Å². The number of hydrogen-bond donors (Lipinski definition) is 0. The molecule has 0 aromatic heterocycles. The van der Waals surface area contributed by atoms with E-state index in [0.717, 1.165) is 50.3 Å². The molecule has 3 rings (SSSR count). The molecule has 1 saturated heterocycles. The van der Waals surface area contributed by atoms with Gasteiger partial charge >= 0.3 is 0 Å². The van der Waals surface area contributed by atoms with Crippen LogP contribution >= 0.6 is 0 Å². The molecule has 2 aromatic rings. The molecule has 0 spiro atoms. The van der Waals surface area contributed by atoms with Gasteiger partial charge in [-0.15, -0.1) is 0 Å². The predicted octanol–water partition coefficient (Wildman–Crippen LogP) is 4.33. The van der Waals surface area contributed by atoms with Gasteiger partial charge in [-0.1, -0.05) is 0 Å². The summed E-state index contributed by atoms with van der Waals surface area (Å²) in [4.78, 5) is 13.1. The highest BCUT2D eigenvalue weighted by Crippen LogP contribution is 2.33.